The Kier molecular flexibility index (Phi) is 4.84. The smallest absolute Gasteiger partial charge is 0.159 e. The molecule has 0 amide bonds. The third-order valence-corrected chi connectivity index (χ3v) is 4.28. The molecular formula is C20H23N5. The van der Waals surface area contributed by atoms with Gasteiger partial charge in [0, 0.05) is 11.4 Å². The maximum atomic E-state index is 6.25. The van der Waals surface area contributed by atoms with E-state index in [-0.39, 0.29) is 0 Å². The van der Waals surface area contributed by atoms with Crippen molar-refractivity contribution in [3.63, 3.8) is 0 Å². The second kappa shape index (κ2) is 7.21. The average Bonchev–Trinajstić information content (AvgIpc) is 2.62. The summed E-state index contributed by atoms with van der Waals surface area (Å²) in [6, 6.07) is 14.4. The Morgan fingerprint density at radius 3 is 2.04 bits per heavy atom. The van der Waals surface area contributed by atoms with Crippen molar-refractivity contribution in [3.8, 4) is 0 Å². The van der Waals surface area contributed by atoms with Gasteiger partial charge in [-0.15, -0.1) is 0 Å². The molecular weight excluding hydrogens is 310 g/mol. The van der Waals surface area contributed by atoms with Crippen LogP contribution in [0.5, 0.6) is 0 Å². The predicted octanol–water partition coefficient (Wildman–Crippen LogP) is 4.73. The number of nitrogens with one attached hydrogen (secondary N) is 2. The fourth-order valence-corrected chi connectivity index (χ4v) is 2.51. The molecule has 3 rings (SSSR count). The van der Waals surface area contributed by atoms with Crippen LogP contribution in [0.25, 0.3) is 0 Å². The summed E-state index contributed by atoms with van der Waals surface area (Å²) >= 11 is 0. The van der Waals surface area contributed by atoms with Gasteiger partial charge in [-0.2, -0.15) is 0 Å². The molecule has 0 atom stereocenters. The molecule has 128 valence electrons. The van der Waals surface area contributed by atoms with Crippen LogP contribution < -0.4 is 16.4 Å². The van der Waals surface area contributed by atoms with Crippen LogP contribution >= 0.6 is 0 Å². The number of aryl methyl sites for hydroxylation is 3. The standard InChI is InChI=1S/C20H23N5/c1-4-15-6-9-16(10-7-15)24-19-18(21)20(23-12-22-19)25-17-8-5-13(2)14(3)11-17/h5-12H,4,21H2,1-3H3,(H2,22,23,24,25). The number of nitrogens with zero attached hydrogens (tertiary/aromatic N) is 2. The molecule has 1 aromatic heterocycles. The van der Waals surface area contributed by atoms with Gasteiger partial charge in [-0.05, 0) is 61.2 Å². The quantitative estimate of drug-likeness (QED) is 0.629. The lowest BCUT2D eigenvalue weighted by Gasteiger charge is -2.13. The molecule has 5 nitrogen and oxygen atoms in total. The maximum absolute atomic E-state index is 6.25. The molecule has 0 spiro atoms. The molecule has 3 aromatic rings. The van der Waals surface area contributed by atoms with Gasteiger partial charge in [-0.3, -0.25) is 0 Å². The molecule has 0 saturated heterocycles. The van der Waals surface area contributed by atoms with Crippen molar-refractivity contribution in [2.75, 3.05) is 16.4 Å². The molecule has 2 aromatic carbocycles. The second-order valence-corrected chi connectivity index (χ2v) is 6.08. The summed E-state index contributed by atoms with van der Waals surface area (Å²) in [5.74, 6) is 1.18. The minimum absolute atomic E-state index is 0.486. The van der Waals surface area contributed by atoms with Crippen LogP contribution in [0.4, 0.5) is 28.7 Å². The topological polar surface area (TPSA) is 75.9 Å². The predicted molar refractivity (Wildman–Crippen MR) is 105 cm³/mol. The molecule has 0 fully saturated rings. The lowest BCUT2D eigenvalue weighted by atomic mass is 10.1. The van der Waals surface area contributed by atoms with Gasteiger partial charge in [0.2, 0.25) is 0 Å². The number of benzene rings is 2. The van der Waals surface area contributed by atoms with Crippen LogP contribution in [-0.2, 0) is 6.42 Å². The molecule has 25 heavy (non-hydrogen) atoms. The highest BCUT2D eigenvalue weighted by Gasteiger charge is 2.09. The van der Waals surface area contributed by atoms with E-state index in [0.717, 1.165) is 17.8 Å². The Bertz CT molecular complexity index is 872. The van der Waals surface area contributed by atoms with Gasteiger partial charge in [-0.1, -0.05) is 25.1 Å². The first-order valence-electron chi connectivity index (χ1n) is 8.37. The molecule has 0 aliphatic rings. The van der Waals surface area contributed by atoms with E-state index in [1.54, 1.807) is 0 Å². The first-order valence-corrected chi connectivity index (χ1v) is 8.37. The summed E-state index contributed by atoms with van der Waals surface area (Å²) in [4.78, 5) is 8.53. The molecule has 4 N–H and O–H groups in total. The van der Waals surface area contributed by atoms with Gasteiger partial charge >= 0.3 is 0 Å². The fourth-order valence-electron chi connectivity index (χ4n) is 2.51. The van der Waals surface area contributed by atoms with Crippen LogP contribution in [0.1, 0.15) is 23.6 Å². The highest BCUT2D eigenvalue weighted by Crippen LogP contribution is 2.28. The zero-order chi connectivity index (χ0) is 17.8. The minimum atomic E-state index is 0.486. The SMILES string of the molecule is CCc1ccc(Nc2ncnc(Nc3ccc(C)c(C)c3)c2N)cc1. The first-order chi connectivity index (χ1) is 12.1. The van der Waals surface area contributed by atoms with Crippen molar-refractivity contribution in [1.29, 1.82) is 0 Å². The number of nitrogen functional groups attached to an aromatic ring is 1. The number of rotatable bonds is 5. The zero-order valence-corrected chi connectivity index (χ0v) is 14.8. The lowest BCUT2D eigenvalue weighted by molar-refractivity contribution is 1.14. The Morgan fingerprint density at radius 1 is 0.840 bits per heavy atom. The van der Waals surface area contributed by atoms with E-state index in [2.05, 4.69) is 65.6 Å². The average molecular weight is 333 g/mol. The lowest BCUT2D eigenvalue weighted by Crippen LogP contribution is -2.05. The van der Waals surface area contributed by atoms with Crippen molar-refractivity contribution < 1.29 is 0 Å². The largest absolute Gasteiger partial charge is 0.393 e. The summed E-state index contributed by atoms with van der Waals surface area (Å²) in [5, 5.41) is 6.52. The minimum Gasteiger partial charge on any atom is -0.393 e. The van der Waals surface area contributed by atoms with Gasteiger partial charge in [-0.25, -0.2) is 9.97 Å². The van der Waals surface area contributed by atoms with Gasteiger partial charge in [0.05, 0.1) is 0 Å². The Morgan fingerprint density at radius 2 is 1.44 bits per heavy atom. The van der Waals surface area contributed by atoms with E-state index in [0.29, 0.717) is 17.3 Å². The normalized spacial score (nSPS) is 10.5. The summed E-state index contributed by atoms with van der Waals surface area (Å²) in [5.41, 5.74) is 12.4. The van der Waals surface area contributed by atoms with Crippen LogP contribution in [0.3, 0.4) is 0 Å². The second-order valence-electron chi connectivity index (χ2n) is 6.08. The number of nitrogens with two attached hydrogens (primary N) is 1. The summed E-state index contributed by atoms with van der Waals surface area (Å²) in [7, 11) is 0. The fraction of sp³-hybridized carbons (Fsp3) is 0.200. The van der Waals surface area contributed by atoms with E-state index in [9.17, 15) is 0 Å². The van der Waals surface area contributed by atoms with E-state index in [4.69, 9.17) is 5.73 Å². The third-order valence-electron chi connectivity index (χ3n) is 4.28. The molecule has 0 unspecified atom stereocenters. The van der Waals surface area contributed by atoms with E-state index in [1.807, 2.05) is 18.2 Å². The van der Waals surface area contributed by atoms with Gasteiger partial charge in [0.1, 0.15) is 12.0 Å². The van der Waals surface area contributed by atoms with Gasteiger partial charge < -0.3 is 16.4 Å². The number of anilines is 5. The molecule has 5 heteroatoms. The van der Waals surface area contributed by atoms with Gasteiger partial charge in [0.25, 0.3) is 0 Å². The molecule has 0 bridgehead atoms. The van der Waals surface area contributed by atoms with Crippen molar-refractivity contribution in [3.05, 3.63) is 65.5 Å². The van der Waals surface area contributed by atoms with Crippen molar-refractivity contribution in [1.82, 2.24) is 9.97 Å². The van der Waals surface area contributed by atoms with Crippen LogP contribution in [0.2, 0.25) is 0 Å². The number of hydrogen-bond donors (Lipinski definition) is 3. The molecule has 0 radical (unpaired) electrons. The first kappa shape index (κ1) is 16.8. The highest BCUT2D eigenvalue weighted by atomic mass is 15.1. The number of aromatic nitrogens is 2. The third kappa shape index (κ3) is 3.88. The van der Waals surface area contributed by atoms with Crippen LogP contribution in [0, 0.1) is 13.8 Å². The molecule has 0 aliphatic heterocycles. The van der Waals surface area contributed by atoms with E-state index >= 15 is 0 Å². The van der Waals surface area contributed by atoms with Crippen molar-refractivity contribution >= 4 is 28.7 Å². The zero-order valence-electron chi connectivity index (χ0n) is 14.8. The number of hydrogen-bond acceptors (Lipinski definition) is 5. The van der Waals surface area contributed by atoms with Gasteiger partial charge in [0.15, 0.2) is 11.6 Å². The Labute approximate surface area is 148 Å². The van der Waals surface area contributed by atoms with Crippen LogP contribution in [-0.4, -0.2) is 9.97 Å². The van der Waals surface area contributed by atoms with Crippen LogP contribution in [0.15, 0.2) is 48.8 Å². The summed E-state index contributed by atoms with van der Waals surface area (Å²) < 4.78 is 0. The van der Waals surface area contributed by atoms with Crippen molar-refractivity contribution in [2.24, 2.45) is 0 Å². The van der Waals surface area contributed by atoms with E-state index < -0.39 is 0 Å². The van der Waals surface area contributed by atoms with E-state index in [1.165, 1.54) is 23.0 Å². The summed E-state index contributed by atoms with van der Waals surface area (Å²) in [6.45, 7) is 6.30. The van der Waals surface area contributed by atoms with Crippen molar-refractivity contribution in [2.45, 2.75) is 27.2 Å². The maximum Gasteiger partial charge on any atom is 0.159 e. The Hall–Kier alpha value is -3.08. The Balaban J connectivity index is 1.82. The monoisotopic (exact) mass is 333 g/mol. The molecule has 0 saturated carbocycles. The highest BCUT2D eigenvalue weighted by molar-refractivity contribution is 5.80. The molecule has 0 aliphatic carbocycles. The molecule has 1 heterocycles. The summed E-state index contributed by atoms with van der Waals surface area (Å²) in [6.07, 6.45) is 2.52.